The minimum absolute atomic E-state index is 0.164. The van der Waals surface area contributed by atoms with Crippen molar-refractivity contribution in [3.05, 3.63) is 105 Å². The van der Waals surface area contributed by atoms with Crippen LogP contribution in [0.25, 0.3) is 16.7 Å². The number of carbonyl (C=O) groups excluding carboxylic acids is 1. The molecule has 5 aromatic rings. The zero-order valence-corrected chi connectivity index (χ0v) is 19.0. The number of hydrogen-bond acceptors (Lipinski definition) is 5. The zero-order valence-electron chi connectivity index (χ0n) is 18.3. The average Bonchev–Trinajstić information content (AvgIpc) is 3.34. The summed E-state index contributed by atoms with van der Waals surface area (Å²) < 4.78 is 8.60. The second kappa shape index (κ2) is 8.64. The van der Waals surface area contributed by atoms with Gasteiger partial charge in [-0.2, -0.15) is 0 Å². The van der Waals surface area contributed by atoms with Gasteiger partial charge in [-0.3, -0.25) is 14.0 Å². The third-order valence-electron chi connectivity index (χ3n) is 5.71. The lowest BCUT2D eigenvalue weighted by Crippen LogP contribution is -2.43. The molecule has 0 aliphatic rings. The van der Waals surface area contributed by atoms with Gasteiger partial charge in [-0.05, 0) is 42.8 Å². The summed E-state index contributed by atoms with van der Waals surface area (Å²) >= 11 is 6.21. The summed E-state index contributed by atoms with van der Waals surface area (Å²) in [6.07, 6.45) is 3.21. The number of rotatable bonds is 5. The predicted octanol–water partition coefficient (Wildman–Crippen LogP) is 3.25. The van der Waals surface area contributed by atoms with E-state index in [1.807, 2.05) is 31.2 Å². The van der Waals surface area contributed by atoms with Crippen molar-refractivity contribution in [1.82, 2.24) is 14.7 Å². The molecule has 0 bridgehead atoms. The summed E-state index contributed by atoms with van der Waals surface area (Å²) in [4.78, 5) is 31.3. The van der Waals surface area contributed by atoms with Crippen LogP contribution in [-0.2, 0) is 13.1 Å². The number of aryl methyl sites for hydroxylation is 1. The maximum Gasteiger partial charge on any atom is 0.278 e. The van der Waals surface area contributed by atoms with Gasteiger partial charge in [0.05, 0.1) is 6.26 Å². The number of fused-ring (bicyclic) bond motifs is 2. The molecule has 3 N–H and O–H groups in total. The van der Waals surface area contributed by atoms with Gasteiger partial charge in [0.2, 0.25) is 11.5 Å². The first kappa shape index (κ1) is 21.7. The molecular formula is C25H21ClN5O3+. The molecule has 1 amide bonds. The Bertz CT molecular complexity index is 1610. The number of anilines is 1. The fourth-order valence-corrected chi connectivity index (χ4v) is 4.13. The topological polar surface area (TPSA) is 107 Å². The molecule has 34 heavy (non-hydrogen) atoms. The molecule has 170 valence electrons. The molecule has 0 unspecified atom stereocenters. The molecule has 0 atom stereocenters. The molecule has 4 heterocycles. The van der Waals surface area contributed by atoms with E-state index in [0.29, 0.717) is 22.1 Å². The van der Waals surface area contributed by atoms with Gasteiger partial charge in [-0.25, -0.2) is 4.57 Å². The number of nitrogens with zero attached hydrogens (tertiary/aromatic N) is 3. The predicted molar refractivity (Wildman–Crippen MR) is 129 cm³/mol. The number of nitrogen functional groups attached to an aromatic ring is 1. The van der Waals surface area contributed by atoms with Crippen molar-refractivity contribution in [2.24, 2.45) is 0 Å². The van der Waals surface area contributed by atoms with Crippen LogP contribution < -0.4 is 21.2 Å². The van der Waals surface area contributed by atoms with Crippen molar-refractivity contribution in [2.75, 3.05) is 5.73 Å². The van der Waals surface area contributed by atoms with Crippen molar-refractivity contribution >= 4 is 40.0 Å². The molecule has 0 spiro atoms. The second-order valence-corrected chi connectivity index (χ2v) is 8.33. The van der Waals surface area contributed by atoms with Crippen molar-refractivity contribution in [1.29, 1.82) is 0 Å². The Balaban J connectivity index is 1.67. The first-order valence-corrected chi connectivity index (χ1v) is 11.0. The van der Waals surface area contributed by atoms with Crippen LogP contribution in [0.15, 0.2) is 76.3 Å². The number of nitrogens with one attached hydrogen (secondary N) is 1. The SMILES string of the molecule is Cc1cccn2c(=O)c3cc(C(=O)NCc4ccccc4Cl)c(N)[n+](Cc4ccco4)c3nc12. The van der Waals surface area contributed by atoms with Gasteiger partial charge in [0.1, 0.15) is 23.3 Å². The Kier molecular flexibility index (Phi) is 5.51. The lowest BCUT2D eigenvalue weighted by molar-refractivity contribution is -0.651. The molecule has 4 aromatic heterocycles. The van der Waals surface area contributed by atoms with Crippen molar-refractivity contribution in [2.45, 2.75) is 20.0 Å². The average molecular weight is 475 g/mol. The molecule has 5 rings (SSSR count). The van der Waals surface area contributed by atoms with E-state index in [1.165, 1.54) is 10.5 Å². The first-order chi connectivity index (χ1) is 16.4. The van der Waals surface area contributed by atoms with Crippen LogP contribution in [0.2, 0.25) is 5.02 Å². The number of halogens is 1. The molecule has 0 aliphatic heterocycles. The molecule has 0 saturated heterocycles. The third kappa shape index (κ3) is 3.78. The van der Waals surface area contributed by atoms with Crippen LogP contribution in [0.3, 0.4) is 0 Å². The number of benzene rings is 1. The Hall–Kier alpha value is -4.17. The largest absolute Gasteiger partial charge is 0.466 e. The van der Waals surface area contributed by atoms with Gasteiger partial charge in [-0.15, -0.1) is 0 Å². The molecule has 0 radical (unpaired) electrons. The third-order valence-corrected chi connectivity index (χ3v) is 6.08. The molecule has 8 nitrogen and oxygen atoms in total. The summed E-state index contributed by atoms with van der Waals surface area (Å²) in [6, 6.07) is 16.0. The van der Waals surface area contributed by atoms with Gasteiger partial charge in [0, 0.05) is 23.3 Å². The molecule has 1 aromatic carbocycles. The quantitative estimate of drug-likeness (QED) is 0.300. The number of amides is 1. The van der Waals surface area contributed by atoms with E-state index in [2.05, 4.69) is 5.32 Å². The number of carbonyl (C=O) groups is 1. The fourth-order valence-electron chi connectivity index (χ4n) is 3.92. The maximum absolute atomic E-state index is 13.4. The van der Waals surface area contributed by atoms with Gasteiger partial charge >= 0.3 is 0 Å². The Labute approximate surface area is 199 Å². The van der Waals surface area contributed by atoms with Gasteiger partial charge in [-0.1, -0.05) is 40.9 Å². The number of aromatic nitrogens is 3. The summed E-state index contributed by atoms with van der Waals surface area (Å²) in [5.74, 6) is 0.352. The van der Waals surface area contributed by atoms with E-state index in [4.69, 9.17) is 26.7 Å². The summed E-state index contributed by atoms with van der Waals surface area (Å²) in [6.45, 7) is 2.29. The highest BCUT2D eigenvalue weighted by atomic mass is 35.5. The van der Waals surface area contributed by atoms with Crippen LogP contribution in [0.5, 0.6) is 0 Å². The lowest BCUT2D eigenvalue weighted by Gasteiger charge is -2.12. The maximum atomic E-state index is 13.4. The first-order valence-electron chi connectivity index (χ1n) is 10.6. The lowest BCUT2D eigenvalue weighted by atomic mass is 10.1. The molecule has 0 fully saturated rings. The van der Waals surface area contributed by atoms with Crippen LogP contribution in [0.4, 0.5) is 5.82 Å². The number of furan rings is 1. The van der Waals surface area contributed by atoms with E-state index >= 15 is 0 Å². The highest BCUT2D eigenvalue weighted by Crippen LogP contribution is 2.18. The number of nitrogens with two attached hydrogens (primary N) is 1. The standard InChI is InChI=1S/C25H20ClN5O3/c1-15-6-4-10-30-22(15)29-23-19(25(30)33)12-18(21(27)31(23)14-17-8-5-11-34-17)24(32)28-13-16-7-2-3-9-20(16)26/h2-12,27H,13-14H2,1H3,(H,28,32)/p+1. The van der Waals surface area contributed by atoms with Crippen LogP contribution in [-0.4, -0.2) is 15.3 Å². The van der Waals surface area contributed by atoms with E-state index in [9.17, 15) is 9.59 Å². The number of pyridine rings is 2. The van der Waals surface area contributed by atoms with Crippen LogP contribution in [0.1, 0.15) is 27.2 Å². The van der Waals surface area contributed by atoms with Gasteiger partial charge in [0.25, 0.3) is 17.1 Å². The minimum atomic E-state index is -0.429. The van der Waals surface area contributed by atoms with E-state index in [1.54, 1.807) is 41.3 Å². The Morgan fingerprint density at radius 1 is 1.21 bits per heavy atom. The molecule has 0 saturated carbocycles. The summed E-state index contributed by atoms with van der Waals surface area (Å²) in [7, 11) is 0. The number of hydrogen-bond donors (Lipinski definition) is 2. The van der Waals surface area contributed by atoms with Crippen LogP contribution in [0, 0.1) is 6.92 Å². The van der Waals surface area contributed by atoms with Crippen molar-refractivity contribution in [3.63, 3.8) is 0 Å². The van der Waals surface area contributed by atoms with Crippen LogP contribution >= 0.6 is 11.6 Å². The van der Waals surface area contributed by atoms with Crippen molar-refractivity contribution in [3.8, 4) is 0 Å². The summed E-state index contributed by atoms with van der Waals surface area (Å²) in [5, 5.41) is 3.66. The van der Waals surface area contributed by atoms with E-state index in [-0.39, 0.29) is 35.4 Å². The molecule has 9 heteroatoms. The smallest absolute Gasteiger partial charge is 0.278 e. The van der Waals surface area contributed by atoms with E-state index in [0.717, 1.165) is 11.1 Å². The Morgan fingerprint density at radius 2 is 2.03 bits per heavy atom. The van der Waals surface area contributed by atoms with E-state index < -0.39 is 5.91 Å². The highest BCUT2D eigenvalue weighted by Gasteiger charge is 2.25. The monoisotopic (exact) mass is 474 g/mol. The van der Waals surface area contributed by atoms with Gasteiger partial charge < -0.3 is 15.5 Å². The molecule has 0 aliphatic carbocycles. The Morgan fingerprint density at radius 3 is 2.79 bits per heavy atom. The normalized spacial score (nSPS) is 11.2. The summed E-state index contributed by atoms with van der Waals surface area (Å²) in [5.41, 5.74) is 8.85. The van der Waals surface area contributed by atoms with Gasteiger partial charge in [0.15, 0.2) is 0 Å². The minimum Gasteiger partial charge on any atom is -0.466 e. The van der Waals surface area contributed by atoms with Crippen molar-refractivity contribution < 1.29 is 13.8 Å². The molecular weight excluding hydrogens is 454 g/mol. The fraction of sp³-hybridized carbons (Fsp3) is 0.120. The highest BCUT2D eigenvalue weighted by molar-refractivity contribution is 6.31. The zero-order chi connectivity index (χ0) is 23.8. The second-order valence-electron chi connectivity index (χ2n) is 7.92.